The molecule has 1 atom stereocenters. The molecule has 1 aromatic rings. The fourth-order valence-electron chi connectivity index (χ4n) is 2.84. The summed E-state index contributed by atoms with van der Waals surface area (Å²) in [6, 6.07) is 3.89. The van der Waals surface area contributed by atoms with Crippen molar-refractivity contribution in [3.8, 4) is 11.5 Å². The van der Waals surface area contributed by atoms with Crippen LogP contribution in [0.3, 0.4) is 0 Å². The minimum atomic E-state index is 0.110. The minimum Gasteiger partial charge on any atom is -0.496 e. The van der Waals surface area contributed by atoms with E-state index in [1.54, 1.807) is 14.2 Å². The lowest BCUT2D eigenvalue weighted by Gasteiger charge is -2.34. The number of fused-ring (bicyclic) bond motifs is 3. The molecule has 0 spiro atoms. The Labute approximate surface area is 106 Å². The Balaban J connectivity index is 2.14. The van der Waals surface area contributed by atoms with Crippen LogP contribution in [0.1, 0.15) is 24.4 Å². The van der Waals surface area contributed by atoms with Gasteiger partial charge < -0.3 is 19.7 Å². The van der Waals surface area contributed by atoms with Gasteiger partial charge >= 0.3 is 0 Å². The van der Waals surface area contributed by atoms with Crippen molar-refractivity contribution < 1.29 is 14.3 Å². The predicted molar refractivity (Wildman–Crippen MR) is 66.9 cm³/mol. The number of carbonyl (C=O) groups excluding carboxylic acids is 1. The van der Waals surface area contributed by atoms with Gasteiger partial charge in [-0.05, 0) is 18.6 Å². The highest BCUT2D eigenvalue weighted by atomic mass is 16.5. The smallest absolute Gasteiger partial charge is 0.224 e. The van der Waals surface area contributed by atoms with E-state index >= 15 is 0 Å². The topological polar surface area (TPSA) is 50.8 Å². The van der Waals surface area contributed by atoms with Crippen LogP contribution in [0, 0.1) is 0 Å². The summed E-state index contributed by atoms with van der Waals surface area (Å²) in [7, 11) is 3.30. The highest BCUT2D eigenvalue weighted by molar-refractivity contribution is 5.82. The van der Waals surface area contributed by atoms with Crippen LogP contribution >= 0.6 is 0 Å². The second kappa shape index (κ2) is 4.08. The number of methoxy groups -OCH3 is 2. The molecule has 3 rings (SSSR count). The highest BCUT2D eigenvalue weighted by Gasteiger charge is 2.39. The first kappa shape index (κ1) is 11.2. The molecule has 5 heteroatoms. The van der Waals surface area contributed by atoms with Crippen LogP contribution in [0.15, 0.2) is 12.1 Å². The number of carbonyl (C=O) groups is 1. The largest absolute Gasteiger partial charge is 0.496 e. The van der Waals surface area contributed by atoms with E-state index in [0.717, 1.165) is 29.2 Å². The lowest BCUT2D eigenvalue weighted by Crippen LogP contribution is -2.37. The third-order valence-corrected chi connectivity index (χ3v) is 3.69. The van der Waals surface area contributed by atoms with Crippen molar-refractivity contribution in [3.05, 3.63) is 17.7 Å². The van der Waals surface area contributed by atoms with Crippen molar-refractivity contribution in [2.24, 2.45) is 0 Å². The van der Waals surface area contributed by atoms with Gasteiger partial charge in [0.1, 0.15) is 11.5 Å². The Morgan fingerprint density at radius 2 is 2.00 bits per heavy atom. The summed E-state index contributed by atoms with van der Waals surface area (Å²) in [6.45, 7) is 0.542. The number of rotatable bonds is 2. The van der Waals surface area contributed by atoms with Gasteiger partial charge in [-0.3, -0.25) is 4.79 Å². The molecule has 1 saturated heterocycles. The molecule has 2 aliphatic rings. The molecule has 0 radical (unpaired) electrons. The van der Waals surface area contributed by atoms with Crippen molar-refractivity contribution >= 4 is 11.6 Å². The zero-order valence-corrected chi connectivity index (χ0v) is 10.5. The van der Waals surface area contributed by atoms with Gasteiger partial charge in [0.25, 0.3) is 0 Å². The van der Waals surface area contributed by atoms with Gasteiger partial charge in [0.2, 0.25) is 5.91 Å². The van der Waals surface area contributed by atoms with Crippen molar-refractivity contribution in [2.45, 2.75) is 18.9 Å². The van der Waals surface area contributed by atoms with Crippen LogP contribution in [0.4, 0.5) is 5.69 Å². The van der Waals surface area contributed by atoms with Crippen molar-refractivity contribution in [1.29, 1.82) is 0 Å². The summed E-state index contributed by atoms with van der Waals surface area (Å²) >= 11 is 0. The summed E-state index contributed by atoms with van der Waals surface area (Å²) in [6.07, 6.45) is 1.45. The Hall–Kier alpha value is -1.91. The minimum absolute atomic E-state index is 0.110. The highest BCUT2D eigenvalue weighted by Crippen LogP contribution is 2.47. The van der Waals surface area contributed by atoms with Gasteiger partial charge in [-0.2, -0.15) is 0 Å². The number of hydrogen-bond donors (Lipinski definition) is 1. The first-order valence-corrected chi connectivity index (χ1v) is 6.04. The molecule has 1 N–H and O–H groups in total. The van der Waals surface area contributed by atoms with E-state index in [0.29, 0.717) is 13.1 Å². The first-order valence-electron chi connectivity index (χ1n) is 6.04. The zero-order chi connectivity index (χ0) is 12.7. The van der Waals surface area contributed by atoms with Crippen LogP contribution in [0.2, 0.25) is 0 Å². The number of ether oxygens (including phenoxy) is 2. The van der Waals surface area contributed by atoms with Crippen molar-refractivity contribution in [1.82, 2.24) is 4.90 Å². The summed E-state index contributed by atoms with van der Waals surface area (Å²) < 4.78 is 10.8. The quantitative estimate of drug-likeness (QED) is 0.866. The number of hydrogen-bond acceptors (Lipinski definition) is 4. The second-order valence-electron chi connectivity index (χ2n) is 4.51. The van der Waals surface area contributed by atoms with E-state index in [9.17, 15) is 4.79 Å². The van der Waals surface area contributed by atoms with Crippen LogP contribution in [-0.4, -0.2) is 31.7 Å². The lowest BCUT2D eigenvalue weighted by molar-refractivity contribution is -0.128. The molecule has 2 heterocycles. The maximum Gasteiger partial charge on any atom is 0.224 e. The van der Waals surface area contributed by atoms with E-state index in [1.165, 1.54) is 0 Å². The SMILES string of the molecule is COc1ccc(OC)c2c1NCN1C(=O)CCC21. The lowest BCUT2D eigenvalue weighted by atomic mass is 9.99. The molecule has 1 aromatic carbocycles. The molecule has 0 aromatic heterocycles. The first-order chi connectivity index (χ1) is 8.76. The van der Waals surface area contributed by atoms with E-state index in [2.05, 4.69) is 5.32 Å². The third kappa shape index (κ3) is 1.43. The number of amides is 1. The van der Waals surface area contributed by atoms with Gasteiger partial charge in [0, 0.05) is 12.0 Å². The van der Waals surface area contributed by atoms with E-state index in [4.69, 9.17) is 9.47 Å². The van der Waals surface area contributed by atoms with Crippen molar-refractivity contribution in [3.63, 3.8) is 0 Å². The Morgan fingerprint density at radius 3 is 2.72 bits per heavy atom. The molecule has 1 unspecified atom stereocenters. The molecular weight excluding hydrogens is 232 g/mol. The van der Waals surface area contributed by atoms with Crippen LogP contribution in [0.25, 0.3) is 0 Å². The van der Waals surface area contributed by atoms with E-state index in [1.807, 2.05) is 17.0 Å². The molecule has 5 nitrogen and oxygen atoms in total. The number of anilines is 1. The molecule has 0 aliphatic carbocycles. The molecule has 1 fully saturated rings. The molecule has 0 bridgehead atoms. The fourth-order valence-corrected chi connectivity index (χ4v) is 2.84. The molecule has 18 heavy (non-hydrogen) atoms. The number of nitrogens with one attached hydrogen (secondary N) is 1. The maximum atomic E-state index is 11.8. The van der Waals surface area contributed by atoms with Gasteiger partial charge in [-0.25, -0.2) is 0 Å². The van der Waals surface area contributed by atoms with Gasteiger partial charge in [-0.1, -0.05) is 0 Å². The molecule has 96 valence electrons. The van der Waals surface area contributed by atoms with Crippen LogP contribution < -0.4 is 14.8 Å². The monoisotopic (exact) mass is 248 g/mol. The van der Waals surface area contributed by atoms with Crippen LogP contribution in [-0.2, 0) is 4.79 Å². The predicted octanol–water partition coefficient (Wildman–Crippen LogP) is 1.75. The summed E-state index contributed by atoms with van der Waals surface area (Å²) in [5, 5.41) is 3.26. The van der Waals surface area contributed by atoms with Gasteiger partial charge in [0.05, 0.1) is 32.6 Å². The summed E-state index contributed by atoms with van der Waals surface area (Å²) in [5.41, 5.74) is 1.99. The van der Waals surface area contributed by atoms with Crippen molar-refractivity contribution in [2.75, 3.05) is 26.2 Å². The zero-order valence-electron chi connectivity index (χ0n) is 10.5. The Kier molecular flexibility index (Phi) is 2.54. The maximum absolute atomic E-state index is 11.8. The van der Waals surface area contributed by atoms with E-state index < -0.39 is 0 Å². The standard InChI is InChI=1S/C13H16N2O3/c1-17-9-4-5-10(18-2)13-12(9)8-3-6-11(16)15(8)7-14-13/h4-5,8,14H,3,6-7H2,1-2H3. The number of nitrogens with zero attached hydrogens (tertiary/aromatic N) is 1. The Morgan fingerprint density at radius 1 is 1.28 bits per heavy atom. The summed E-state index contributed by atoms with van der Waals surface area (Å²) in [5.74, 6) is 1.80. The average molecular weight is 248 g/mol. The third-order valence-electron chi connectivity index (χ3n) is 3.69. The fraction of sp³-hybridized carbons (Fsp3) is 0.462. The molecule has 0 saturated carbocycles. The normalized spacial score (nSPS) is 21.1. The van der Waals surface area contributed by atoms with Gasteiger partial charge in [0.15, 0.2) is 0 Å². The van der Waals surface area contributed by atoms with Crippen LogP contribution in [0.5, 0.6) is 11.5 Å². The molecule has 2 aliphatic heterocycles. The number of benzene rings is 1. The Bertz CT molecular complexity index is 501. The molecular formula is C13H16N2O3. The van der Waals surface area contributed by atoms with E-state index in [-0.39, 0.29) is 11.9 Å². The van der Waals surface area contributed by atoms with Gasteiger partial charge in [-0.15, -0.1) is 0 Å². The second-order valence-corrected chi connectivity index (χ2v) is 4.51. The summed E-state index contributed by atoms with van der Waals surface area (Å²) in [4.78, 5) is 13.7. The molecule has 1 amide bonds. The average Bonchev–Trinajstić information content (AvgIpc) is 2.79.